The summed E-state index contributed by atoms with van der Waals surface area (Å²) in [6, 6.07) is 5.70. The second-order valence-electron chi connectivity index (χ2n) is 6.15. The number of benzene rings is 1. The molecule has 2 bridgehead atoms. The fourth-order valence-corrected chi connectivity index (χ4v) is 5.78. The molecule has 2 atom stereocenters. The molecule has 0 radical (unpaired) electrons. The van der Waals surface area contributed by atoms with E-state index in [9.17, 15) is 22.5 Å². The Balaban J connectivity index is 1.73. The molecule has 2 unspecified atom stereocenters. The van der Waals surface area contributed by atoms with Crippen LogP contribution in [0.4, 0.5) is 13.2 Å². The van der Waals surface area contributed by atoms with Crippen LogP contribution in [0.2, 0.25) is 0 Å². The smallest absolute Gasteiger partial charge is 0.406 e. The van der Waals surface area contributed by atoms with E-state index >= 15 is 0 Å². The van der Waals surface area contributed by atoms with Crippen LogP contribution in [0.25, 0.3) is 0 Å². The molecule has 2 aliphatic rings. The van der Waals surface area contributed by atoms with Gasteiger partial charge in [0.1, 0.15) is 5.75 Å². The lowest BCUT2D eigenvalue weighted by Crippen LogP contribution is -2.44. The highest BCUT2D eigenvalue weighted by molar-refractivity contribution is 7.86. The van der Waals surface area contributed by atoms with E-state index in [0.717, 1.165) is 12.8 Å². The molecule has 0 aromatic heterocycles. The van der Waals surface area contributed by atoms with Crippen LogP contribution in [0.1, 0.15) is 31.2 Å². The molecule has 2 aliphatic heterocycles. The second-order valence-corrected chi connectivity index (χ2v) is 8.14. The molecule has 0 amide bonds. The molecule has 22 heavy (non-hydrogen) atoms. The molecule has 0 spiro atoms. The highest BCUT2D eigenvalue weighted by Gasteiger charge is 2.47. The number of aliphatic hydroxyl groups is 1. The molecule has 3 rings (SSSR count). The third-order valence-corrected chi connectivity index (χ3v) is 6.47. The van der Waals surface area contributed by atoms with Crippen molar-refractivity contribution >= 4 is 10.8 Å². The molecule has 0 aliphatic carbocycles. The van der Waals surface area contributed by atoms with Crippen molar-refractivity contribution in [3.63, 3.8) is 0 Å². The zero-order valence-corrected chi connectivity index (χ0v) is 12.6. The lowest BCUT2D eigenvalue weighted by atomic mass is 9.87. The van der Waals surface area contributed by atoms with E-state index in [-0.39, 0.29) is 22.7 Å². The van der Waals surface area contributed by atoms with Gasteiger partial charge in [0.2, 0.25) is 0 Å². The monoisotopic (exact) mass is 334 g/mol. The van der Waals surface area contributed by atoms with Gasteiger partial charge in [-0.15, -0.1) is 13.2 Å². The van der Waals surface area contributed by atoms with Crippen LogP contribution >= 0.6 is 0 Å². The molecule has 2 heterocycles. The zero-order valence-electron chi connectivity index (χ0n) is 11.8. The maximum Gasteiger partial charge on any atom is 0.573 e. The summed E-state index contributed by atoms with van der Waals surface area (Å²) in [5.74, 6) is -0.282. The van der Waals surface area contributed by atoms with Crippen LogP contribution in [0.3, 0.4) is 0 Å². The van der Waals surface area contributed by atoms with Gasteiger partial charge in [0.15, 0.2) is 0 Å². The van der Waals surface area contributed by atoms with E-state index in [2.05, 4.69) is 4.74 Å². The van der Waals surface area contributed by atoms with E-state index in [1.165, 1.54) is 18.2 Å². The SMILES string of the molecule is O=S1C2CCC1CC(O)(Cc1cccc(OC(F)(F)F)c1)C2. The Morgan fingerprint density at radius 1 is 1.27 bits per heavy atom. The summed E-state index contributed by atoms with van der Waals surface area (Å²) in [5.41, 5.74) is -0.396. The first-order valence-corrected chi connectivity index (χ1v) is 8.48. The first kappa shape index (κ1) is 15.8. The lowest BCUT2D eigenvalue weighted by Gasteiger charge is -2.36. The van der Waals surface area contributed by atoms with Gasteiger partial charge in [-0.3, -0.25) is 4.21 Å². The Morgan fingerprint density at radius 3 is 2.50 bits per heavy atom. The molecule has 7 heteroatoms. The van der Waals surface area contributed by atoms with Gasteiger partial charge in [0, 0.05) is 27.7 Å². The third-order valence-electron chi connectivity index (χ3n) is 4.35. The van der Waals surface area contributed by atoms with E-state index in [1.54, 1.807) is 6.07 Å². The summed E-state index contributed by atoms with van der Waals surface area (Å²) in [6.07, 6.45) is -1.86. The normalized spacial score (nSPS) is 34.6. The van der Waals surface area contributed by atoms with E-state index in [1.807, 2.05) is 0 Å². The minimum atomic E-state index is -4.73. The van der Waals surface area contributed by atoms with Crippen molar-refractivity contribution in [3.8, 4) is 5.75 Å². The molecule has 1 aromatic rings. The molecule has 2 saturated heterocycles. The first-order chi connectivity index (χ1) is 10.2. The first-order valence-electron chi connectivity index (χ1n) is 7.21. The average Bonchev–Trinajstić information content (AvgIpc) is 2.61. The van der Waals surface area contributed by atoms with Gasteiger partial charge in [0.25, 0.3) is 0 Å². The van der Waals surface area contributed by atoms with Gasteiger partial charge in [-0.1, -0.05) is 12.1 Å². The van der Waals surface area contributed by atoms with E-state index in [0.29, 0.717) is 18.4 Å². The highest BCUT2D eigenvalue weighted by Crippen LogP contribution is 2.42. The lowest BCUT2D eigenvalue weighted by molar-refractivity contribution is -0.274. The van der Waals surface area contributed by atoms with Crippen molar-refractivity contribution in [1.82, 2.24) is 0 Å². The minimum Gasteiger partial charge on any atom is -0.406 e. The van der Waals surface area contributed by atoms with E-state index in [4.69, 9.17) is 0 Å². The summed E-state index contributed by atoms with van der Waals surface area (Å²) in [7, 11) is -0.874. The average molecular weight is 334 g/mol. The van der Waals surface area contributed by atoms with Gasteiger partial charge < -0.3 is 9.84 Å². The van der Waals surface area contributed by atoms with Crippen LogP contribution < -0.4 is 4.74 Å². The van der Waals surface area contributed by atoms with Crippen molar-refractivity contribution in [2.45, 2.75) is 54.6 Å². The van der Waals surface area contributed by atoms with Crippen molar-refractivity contribution in [2.75, 3.05) is 0 Å². The maximum absolute atomic E-state index is 12.3. The van der Waals surface area contributed by atoms with Gasteiger partial charge in [-0.25, -0.2) is 0 Å². The van der Waals surface area contributed by atoms with Crippen molar-refractivity contribution < 1.29 is 27.2 Å². The van der Waals surface area contributed by atoms with E-state index < -0.39 is 22.8 Å². The fourth-order valence-electron chi connectivity index (χ4n) is 3.55. The predicted molar refractivity (Wildman–Crippen MR) is 76.0 cm³/mol. The number of ether oxygens (including phenoxy) is 1. The number of alkyl halides is 3. The van der Waals surface area contributed by atoms with Crippen molar-refractivity contribution in [1.29, 1.82) is 0 Å². The zero-order chi connectivity index (χ0) is 16.0. The molecule has 1 aromatic carbocycles. The topological polar surface area (TPSA) is 46.5 Å². The fraction of sp³-hybridized carbons (Fsp3) is 0.600. The van der Waals surface area contributed by atoms with Crippen LogP contribution in [-0.2, 0) is 17.2 Å². The highest BCUT2D eigenvalue weighted by atomic mass is 32.2. The molecule has 2 fully saturated rings. The summed E-state index contributed by atoms with van der Waals surface area (Å²) in [4.78, 5) is 0. The Hall–Kier alpha value is -1.08. The van der Waals surface area contributed by atoms with Gasteiger partial charge in [0.05, 0.1) is 5.60 Å². The molecule has 1 N–H and O–H groups in total. The Labute approximate surface area is 128 Å². The van der Waals surface area contributed by atoms with Crippen LogP contribution in [0, 0.1) is 0 Å². The number of fused-ring (bicyclic) bond motifs is 2. The Bertz CT molecular complexity index is 572. The van der Waals surface area contributed by atoms with Crippen molar-refractivity contribution in [2.24, 2.45) is 0 Å². The van der Waals surface area contributed by atoms with Crippen molar-refractivity contribution in [3.05, 3.63) is 29.8 Å². The molecule has 122 valence electrons. The third kappa shape index (κ3) is 3.46. The summed E-state index contributed by atoms with van der Waals surface area (Å²) in [5, 5.41) is 10.8. The predicted octanol–water partition coefficient (Wildman–Crippen LogP) is 2.93. The van der Waals surface area contributed by atoms with Crippen LogP contribution in [0.15, 0.2) is 24.3 Å². The molecular formula is C15H17F3O3S. The molecule has 0 saturated carbocycles. The number of rotatable bonds is 3. The van der Waals surface area contributed by atoms with Crippen LogP contribution in [-0.4, -0.2) is 31.8 Å². The molecule has 3 nitrogen and oxygen atoms in total. The quantitative estimate of drug-likeness (QED) is 0.924. The standard InChI is InChI=1S/C15H17F3O3S/c16-15(17,18)21-11-3-1-2-10(6-11)7-14(19)8-12-4-5-13(9-14)22(12)20/h1-3,6,12-13,19H,4-5,7-9H2. The van der Waals surface area contributed by atoms with Gasteiger partial charge in [-0.05, 0) is 43.4 Å². The minimum absolute atomic E-state index is 0.0124. The number of hydrogen-bond donors (Lipinski definition) is 1. The Kier molecular flexibility index (Phi) is 3.97. The molecular weight excluding hydrogens is 317 g/mol. The number of hydrogen-bond acceptors (Lipinski definition) is 3. The summed E-state index contributed by atoms with van der Waals surface area (Å²) in [6.45, 7) is 0. The summed E-state index contributed by atoms with van der Waals surface area (Å²) < 4.78 is 52.7. The number of halogens is 3. The maximum atomic E-state index is 12.3. The van der Waals surface area contributed by atoms with Gasteiger partial charge >= 0.3 is 6.36 Å². The Morgan fingerprint density at radius 2 is 1.91 bits per heavy atom. The second kappa shape index (κ2) is 5.53. The summed E-state index contributed by atoms with van der Waals surface area (Å²) >= 11 is 0. The van der Waals surface area contributed by atoms with Crippen LogP contribution in [0.5, 0.6) is 5.75 Å². The largest absolute Gasteiger partial charge is 0.573 e. The van der Waals surface area contributed by atoms with Gasteiger partial charge in [-0.2, -0.15) is 0 Å².